The molecule has 0 bridgehead atoms. The summed E-state index contributed by atoms with van der Waals surface area (Å²) in [5.41, 5.74) is 0.358. The molecule has 0 atom stereocenters. The largest absolute Gasteiger partial charge is 0.796 e. The average molecular weight is 414 g/mol. The van der Waals surface area contributed by atoms with Gasteiger partial charge in [0.05, 0.1) is 9.85 Å². The molecular formula is C19H13BF2N2O6. The predicted molar refractivity (Wildman–Crippen MR) is 106 cm³/mol. The Balaban J connectivity index is 2.20. The standard InChI is InChI=1S/C19H13BF2N2O6/c21-20(22)30-19(10-8-15-4-2-6-17(12-15)24(28)29)13-18(25)9-7-14-3-1-5-16(11-14)23(26)27/h1-13H/b9-7+,10-8+,19-13-. The van der Waals surface area contributed by atoms with E-state index < -0.39 is 28.9 Å². The molecule has 2 rings (SSSR count). The Labute approximate surface area is 169 Å². The Hall–Kier alpha value is -4.15. The van der Waals surface area contributed by atoms with Gasteiger partial charge in [0, 0.05) is 30.3 Å². The maximum absolute atomic E-state index is 12.6. The molecule has 2 aromatic rings. The van der Waals surface area contributed by atoms with Crippen LogP contribution in [0.3, 0.4) is 0 Å². The SMILES string of the molecule is O=C(/C=C(/C=C/c1cccc([N+](=O)[O-])c1)OB(F)F)/C=C/c1cccc([N+](=O)[O-])c1. The van der Waals surface area contributed by atoms with Gasteiger partial charge in [0.25, 0.3) is 11.4 Å². The Morgan fingerprint density at radius 2 is 1.40 bits per heavy atom. The third-order valence-electron chi connectivity index (χ3n) is 3.55. The predicted octanol–water partition coefficient (Wildman–Crippen LogP) is 4.62. The number of hydrogen-bond acceptors (Lipinski definition) is 6. The second kappa shape index (κ2) is 10.4. The lowest BCUT2D eigenvalue weighted by Gasteiger charge is -2.02. The van der Waals surface area contributed by atoms with Crippen molar-refractivity contribution < 1.29 is 27.9 Å². The van der Waals surface area contributed by atoms with E-state index in [1.54, 1.807) is 0 Å². The zero-order chi connectivity index (χ0) is 22.1. The molecule has 0 unspecified atom stereocenters. The van der Waals surface area contributed by atoms with E-state index in [0.29, 0.717) is 11.1 Å². The van der Waals surface area contributed by atoms with E-state index in [9.17, 15) is 33.7 Å². The van der Waals surface area contributed by atoms with E-state index in [0.717, 1.165) is 18.2 Å². The van der Waals surface area contributed by atoms with Gasteiger partial charge in [-0.05, 0) is 23.3 Å². The van der Waals surface area contributed by atoms with Crippen LogP contribution < -0.4 is 0 Å². The molecule has 0 aliphatic rings. The van der Waals surface area contributed by atoms with Gasteiger partial charge in [-0.25, -0.2) is 8.63 Å². The highest BCUT2D eigenvalue weighted by Crippen LogP contribution is 2.17. The summed E-state index contributed by atoms with van der Waals surface area (Å²) in [6.45, 7) is 0. The molecule has 30 heavy (non-hydrogen) atoms. The van der Waals surface area contributed by atoms with Crippen molar-refractivity contribution >= 4 is 36.8 Å². The lowest BCUT2D eigenvalue weighted by Crippen LogP contribution is -2.04. The van der Waals surface area contributed by atoms with E-state index in [-0.39, 0.29) is 11.4 Å². The molecule has 0 aliphatic carbocycles. The average Bonchev–Trinajstić information content (AvgIpc) is 2.70. The molecular weight excluding hydrogens is 401 g/mol. The fraction of sp³-hybridized carbons (Fsp3) is 0. The van der Waals surface area contributed by atoms with Crippen molar-refractivity contribution in [1.29, 1.82) is 0 Å². The van der Waals surface area contributed by atoms with E-state index in [1.807, 2.05) is 0 Å². The van der Waals surface area contributed by atoms with Crippen molar-refractivity contribution in [3.63, 3.8) is 0 Å². The smallest absolute Gasteiger partial charge is 0.505 e. The first kappa shape index (κ1) is 22.1. The van der Waals surface area contributed by atoms with Crippen LogP contribution in [0.1, 0.15) is 11.1 Å². The van der Waals surface area contributed by atoms with Crippen LogP contribution in [-0.2, 0) is 9.45 Å². The number of hydrogen-bond donors (Lipinski definition) is 0. The molecule has 0 amide bonds. The number of nitro groups is 2. The van der Waals surface area contributed by atoms with Crippen LogP contribution in [0.25, 0.3) is 12.2 Å². The second-order valence-electron chi connectivity index (χ2n) is 5.70. The molecule has 0 spiro atoms. The maximum atomic E-state index is 12.6. The number of carbonyl (C=O) groups excluding carboxylic acids is 1. The summed E-state index contributed by atoms with van der Waals surface area (Å²) in [7, 11) is -3.19. The quantitative estimate of drug-likeness (QED) is 0.148. The maximum Gasteiger partial charge on any atom is 0.796 e. The number of nitrogens with zero attached hydrogens (tertiary/aromatic N) is 2. The van der Waals surface area contributed by atoms with Crippen LogP contribution in [0, 0.1) is 20.2 Å². The van der Waals surface area contributed by atoms with Gasteiger partial charge in [-0.1, -0.05) is 36.4 Å². The monoisotopic (exact) mass is 414 g/mol. The van der Waals surface area contributed by atoms with Crippen molar-refractivity contribution in [3.8, 4) is 0 Å². The van der Waals surface area contributed by atoms with Crippen molar-refractivity contribution in [2.24, 2.45) is 0 Å². The van der Waals surface area contributed by atoms with Crippen LogP contribution in [0.5, 0.6) is 0 Å². The molecule has 8 nitrogen and oxygen atoms in total. The first-order valence-corrected chi connectivity index (χ1v) is 8.30. The van der Waals surface area contributed by atoms with Gasteiger partial charge >= 0.3 is 7.47 Å². The molecule has 2 aromatic carbocycles. The molecule has 0 saturated carbocycles. The van der Waals surface area contributed by atoms with Crippen LogP contribution in [0.4, 0.5) is 20.0 Å². The number of benzene rings is 2. The van der Waals surface area contributed by atoms with Gasteiger partial charge in [-0.2, -0.15) is 0 Å². The van der Waals surface area contributed by atoms with Crippen LogP contribution in [-0.4, -0.2) is 23.1 Å². The minimum Gasteiger partial charge on any atom is -0.505 e. The molecule has 0 N–H and O–H groups in total. The highest BCUT2D eigenvalue weighted by molar-refractivity contribution is 6.35. The van der Waals surface area contributed by atoms with E-state index in [2.05, 4.69) is 4.65 Å². The topological polar surface area (TPSA) is 113 Å². The lowest BCUT2D eigenvalue weighted by molar-refractivity contribution is -0.385. The van der Waals surface area contributed by atoms with Crippen molar-refractivity contribution in [2.45, 2.75) is 0 Å². The normalized spacial score (nSPS) is 11.6. The molecule has 0 fully saturated rings. The van der Waals surface area contributed by atoms with Crippen LogP contribution in [0.2, 0.25) is 0 Å². The second-order valence-corrected chi connectivity index (χ2v) is 5.70. The molecule has 0 radical (unpaired) electrons. The Morgan fingerprint density at radius 3 is 1.87 bits per heavy atom. The zero-order valence-corrected chi connectivity index (χ0v) is 15.2. The Bertz CT molecular complexity index is 1050. The number of allylic oxidation sites excluding steroid dienone is 3. The number of ketones is 1. The van der Waals surface area contributed by atoms with Gasteiger partial charge in [-0.15, -0.1) is 0 Å². The number of non-ortho nitro benzene ring substituents is 2. The van der Waals surface area contributed by atoms with Gasteiger partial charge in [0.2, 0.25) is 0 Å². The zero-order valence-electron chi connectivity index (χ0n) is 15.2. The minimum absolute atomic E-state index is 0.165. The summed E-state index contributed by atoms with van der Waals surface area (Å²) in [4.78, 5) is 32.4. The van der Waals surface area contributed by atoms with Crippen molar-refractivity contribution in [1.82, 2.24) is 0 Å². The lowest BCUT2D eigenvalue weighted by atomic mass is 10.1. The molecule has 11 heteroatoms. The van der Waals surface area contributed by atoms with E-state index >= 15 is 0 Å². The highest BCUT2D eigenvalue weighted by Gasteiger charge is 2.18. The number of nitro benzene ring substituents is 2. The molecule has 0 aromatic heterocycles. The van der Waals surface area contributed by atoms with E-state index in [1.165, 1.54) is 60.7 Å². The third-order valence-corrected chi connectivity index (χ3v) is 3.55. The molecule has 0 heterocycles. The van der Waals surface area contributed by atoms with Gasteiger partial charge < -0.3 is 4.65 Å². The summed E-state index contributed by atoms with van der Waals surface area (Å²) in [6, 6.07) is 10.9. The van der Waals surface area contributed by atoms with Gasteiger partial charge in [0.1, 0.15) is 5.76 Å². The first-order valence-electron chi connectivity index (χ1n) is 8.30. The summed E-state index contributed by atoms with van der Waals surface area (Å²) in [6.07, 6.45) is 5.47. The van der Waals surface area contributed by atoms with E-state index in [4.69, 9.17) is 0 Å². The summed E-state index contributed by atoms with van der Waals surface area (Å²) in [5, 5.41) is 21.5. The number of halogens is 2. The molecule has 0 aliphatic heterocycles. The van der Waals surface area contributed by atoms with Crippen molar-refractivity contribution in [3.05, 3.63) is 104 Å². The van der Waals surface area contributed by atoms with Crippen LogP contribution in [0.15, 0.2) is 72.5 Å². The van der Waals surface area contributed by atoms with Gasteiger partial charge in [0.15, 0.2) is 5.78 Å². The molecule has 0 saturated heterocycles. The summed E-state index contributed by atoms with van der Waals surface area (Å²) in [5.74, 6) is -1.17. The minimum atomic E-state index is -3.19. The van der Waals surface area contributed by atoms with Gasteiger partial charge in [-0.3, -0.25) is 25.0 Å². The Morgan fingerprint density at radius 1 is 0.900 bits per heavy atom. The fourth-order valence-electron chi connectivity index (χ4n) is 2.25. The summed E-state index contributed by atoms with van der Waals surface area (Å²) >= 11 is 0. The number of rotatable bonds is 9. The van der Waals surface area contributed by atoms with Crippen molar-refractivity contribution in [2.75, 3.05) is 0 Å². The highest BCUT2D eigenvalue weighted by atomic mass is 19.2. The fourth-order valence-corrected chi connectivity index (χ4v) is 2.25. The Kier molecular flexibility index (Phi) is 7.69. The first-order chi connectivity index (χ1) is 14.2. The molecule has 152 valence electrons. The third kappa shape index (κ3) is 7.11. The summed E-state index contributed by atoms with van der Waals surface area (Å²) < 4.78 is 29.5. The van der Waals surface area contributed by atoms with Crippen LogP contribution >= 0.6 is 0 Å². The number of carbonyl (C=O) groups is 1.